The second-order valence-corrected chi connectivity index (χ2v) is 7.32. The van der Waals surface area contributed by atoms with Gasteiger partial charge in [-0.1, -0.05) is 35.5 Å². The van der Waals surface area contributed by atoms with Crippen LogP contribution < -0.4 is 5.56 Å². The van der Waals surface area contributed by atoms with Gasteiger partial charge in [-0.2, -0.15) is 9.78 Å². The molecule has 4 aromatic rings. The van der Waals surface area contributed by atoms with E-state index in [1.807, 2.05) is 36.4 Å². The van der Waals surface area contributed by atoms with Crippen LogP contribution in [0.4, 0.5) is 4.39 Å². The molecule has 0 aliphatic heterocycles. The highest BCUT2D eigenvalue weighted by Crippen LogP contribution is 2.19. The smallest absolute Gasteiger partial charge is 0.274 e. The Morgan fingerprint density at radius 1 is 1.06 bits per heavy atom. The van der Waals surface area contributed by atoms with E-state index in [9.17, 15) is 14.0 Å². The van der Waals surface area contributed by atoms with Crippen LogP contribution >= 0.6 is 0 Å². The fourth-order valence-corrected chi connectivity index (χ4v) is 3.26. The number of carbonyl (C=O) groups excluding carboxylic acids is 1. The first-order valence-corrected chi connectivity index (χ1v) is 10.1. The van der Waals surface area contributed by atoms with Crippen molar-refractivity contribution in [3.05, 3.63) is 100 Å². The molecule has 2 aromatic carbocycles. The number of nitrogens with zero attached hydrogens (tertiary/aromatic N) is 4. The second-order valence-electron chi connectivity index (χ2n) is 7.32. The molecule has 0 atom stereocenters. The maximum atomic E-state index is 13.2. The van der Waals surface area contributed by atoms with Crippen molar-refractivity contribution in [3.8, 4) is 16.9 Å². The van der Waals surface area contributed by atoms with Gasteiger partial charge in [0.1, 0.15) is 23.0 Å². The number of aromatic nitrogens is 3. The molecule has 7 nitrogen and oxygen atoms in total. The van der Waals surface area contributed by atoms with Gasteiger partial charge in [0.15, 0.2) is 0 Å². The molecule has 1 amide bonds. The Morgan fingerprint density at radius 3 is 2.56 bits per heavy atom. The lowest BCUT2D eigenvalue weighted by atomic mass is 10.1. The van der Waals surface area contributed by atoms with Crippen LogP contribution in [0.15, 0.2) is 82.1 Å². The van der Waals surface area contributed by atoms with Crippen LogP contribution in [0.2, 0.25) is 0 Å². The van der Waals surface area contributed by atoms with Crippen LogP contribution in [0.3, 0.4) is 0 Å². The Labute approximate surface area is 183 Å². The molecule has 0 bridgehead atoms. The SMILES string of the molecule is CN(CCCc1cc(-c2ccccc2)no1)C(=O)c1ccc(=O)n(-c2ccc(F)cc2)n1. The predicted octanol–water partition coefficient (Wildman–Crippen LogP) is 3.73. The van der Waals surface area contributed by atoms with Gasteiger partial charge in [0.05, 0.1) is 5.69 Å². The zero-order valence-corrected chi connectivity index (χ0v) is 17.4. The van der Waals surface area contributed by atoms with Crippen LogP contribution in [-0.2, 0) is 6.42 Å². The van der Waals surface area contributed by atoms with Gasteiger partial charge in [-0.15, -0.1) is 0 Å². The highest BCUT2D eigenvalue weighted by Gasteiger charge is 2.16. The van der Waals surface area contributed by atoms with E-state index in [4.69, 9.17) is 4.52 Å². The molecule has 162 valence electrons. The molecule has 0 N–H and O–H groups in total. The summed E-state index contributed by atoms with van der Waals surface area (Å²) in [4.78, 5) is 26.5. The molecule has 4 rings (SSSR count). The van der Waals surface area contributed by atoms with Crippen LogP contribution in [0.1, 0.15) is 22.7 Å². The van der Waals surface area contributed by atoms with E-state index < -0.39 is 11.4 Å². The molecular formula is C24H21FN4O3. The quantitative estimate of drug-likeness (QED) is 0.445. The maximum absolute atomic E-state index is 13.2. The molecular weight excluding hydrogens is 411 g/mol. The fourth-order valence-electron chi connectivity index (χ4n) is 3.26. The minimum absolute atomic E-state index is 0.127. The Bertz CT molecular complexity index is 1270. The number of hydrogen-bond donors (Lipinski definition) is 0. The maximum Gasteiger partial charge on any atom is 0.274 e. The van der Waals surface area contributed by atoms with Gasteiger partial charge in [-0.25, -0.2) is 4.39 Å². The van der Waals surface area contributed by atoms with E-state index in [0.717, 1.165) is 21.7 Å². The molecule has 0 spiro atoms. The lowest BCUT2D eigenvalue weighted by Crippen LogP contribution is -2.31. The van der Waals surface area contributed by atoms with Crippen molar-refractivity contribution in [1.29, 1.82) is 0 Å². The highest BCUT2D eigenvalue weighted by atomic mass is 19.1. The third kappa shape index (κ3) is 4.80. The number of halogens is 1. The lowest BCUT2D eigenvalue weighted by molar-refractivity contribution is 0.0785. The molecule has 32 heavy (non-hydrogen) atoms. The molecule has 8 heteroatoms. The van der Waals surface area contributed by atoms with Gasteiger partial charge >= 0.3 is 0 Å². The van der Waals surface area contributed by atoms with Crippen molar-refractivity contribution in [3.63, 3.8) is 0 Å². The van der Waals surface area contributed by atoms with E-state index >= 15 is 0 Å². The molecule has 0 fully saturated rings. The van der Waals surface area contributed by atoms with Crippen LogP contribution in [0, 0.1) is 5.82 Å². The van der Waals surface area contributed by atoms with Crippen molar-refractivity contribution >= 4 is 5.91 Å². The standard InChI is InChI=1S/C24H21FN4O3/c1-28(15-5-8-20-16-22(27-32-20)17-6-3-2-4-7-17)24(31)21-13-14-23(30)29(26-21)19-11-9-18(25)10-12-19/h2-4,6-7,9-14,16H,5,8,15H2,1H3. The molecule has 0 unspecified atom stereocenters. The van der Waals surface area contributed by atoms with E-state index in [1.54, 1.807) is 7.05 Å². The summed E-state index contributed by atoms with van der Waals surface area (Å²) in [6.07, 6.45) is 1.29. The van der Waals surface area contributed by atoms with Gasteiger partial charge in [-0.05, 0) is 36.8 Å². The summed E-state index contributed by atoms with van der Waals surface area (Å²) in [7, 11) is 1.67. The summed E-state index contributed by atoms with van der Waals surface area (Å²) < 4.78 is 19.7. The minimum atomic E-state index is -0.420. The number of rotatable bonds is 7. The molecule has 0 saturated heterocycles. The molecule has 2 aromatic heterocycles. The first-order valence-electron chi connectivity index (χ1n) is 10.1. The summed E-state index contributed by atoms with van der Waals surface area (Å²) in [5.74, 6) is 0.00695. The van der Waals surface area contributed by atoms with Gasteiger partial charge in [-0.3, -0.25) is 9.59 Å². The van der Waals surface area contributed by atoms with Crippen LogP contribution in [-0.4, -0.2) is 39.3 Å². The largest absolute Gasteiger partial charge is 0.361 e. The fraction of sp³-hybridized carbons (Fsp3) is 0.167. The summed E-state index contributed by atoms with van der Waals surface area (Å²) in [6, 6.07) is 19.7. The number of aryl methyl sites for hydroxylation is 1. The monoisotopic (exact) mass is 432 g/mol. The van der Waals surface area contributed by atoms with Crippen molar-refractivity contribution in [2.45, 2.75) is 12.8 Å². The average molecular weight is 432 g/mol. The van der Waals surface area contributed by atoms with E-state index in [1.165, 1.54) is 41.3 Å². The first-order chi connectivity index (χ1) is 15.5. The van der Waals surface area contributed by atoms with Crippen LogP contribution in [0.5, 0.6) is 0 Å². The average Bonchev–Trinajstić information content (AvgIpc) is 3.29. The van der Waals surface area contributed by atoms with E-state index in [0.29, 0.717) is 25.1 Å². The molecule has 0 aliphatic carbocycles. The normalized spacial score (nSPS) is 10.8. The number of benzene rings is 2. The third-order valence-electron chi connectivity index (χ3n) is 4.98. The highest BCUT2D eigenvalue weighted by molar-refractivity contribution is 5.91. The Kier molecular flexibility index (Phi) is 6.21. The van der Waals surface area contributed by atoms with E-state index in [-0.39, 0.29) is 11.6 Å². The van der Waals surface area contributed by atoms with Gasteiger partial charge in [0.25, 0.3) is 11.5 Å². The molecule has 0 saturated carbocycles. The summed E-state index contributed by atoms with van der Waals surface area (Å²) in [6.45, 7) is 0.470. The van der Waals surface area contributed by atoms with Crippen molar-refractivity contribution < 1.29 is 13.7 Å². The van der Waals surface area contributed by atoms with Crippen LogP contribution in [0.25, 0.3) is 16.9 Å². The summed E-state index contributed by atoms with van der Waals surface area (Å²) in [5, 5.41) is 8.26. The topological polar surface area (TPSA) is 81.2 Å². The molecule has 0 aliphatic rings. The van der Waals surface area contributed by atoms with Crippen molar-refractivity contribution in [2.24, 2.45) is 0 Å². The van der Waals surface area contributed by atoms with Gasteiger partial charge in [0.2, 0.25) is 0 Å². The summed E-state index contributed by atoms with van der Waals surface area (Å²) in [5.41, 5.74) is 1.86. The zero-order valence-electron chi connectivity index (χ0n) is 17.4. The zero-order chi connectivity index (χ0) is 22.5. The molecule has 0 radical (unpaired) electrons. The first kappa shape index (κ1) is 21.2. The predicted molar refractivity (Wildman–Crippen MR) is 117 cm³/mol. The van der Waals surface area contributed by atoms with E-state index in [2.05, 4.69) is 10.3 Å². The Balaban J connectivity index is 1.38. The Hall–Kier alpha value is -4.07. The minimum Gasteiger partial charge on any atom is -0.361 e. The lowest BCUT2D eigenvalue weighted by Gasteiger charge is -2.16. The number of carbonyl (C=O) groups is 1. The van der Waals surface area contributed by atoms with Gasteiger partial charge < -0.3 is 9.42 Å². The van der Waals surface area contributed by atoms with Gasteiger partial charge in [0, 0.05) is 37.7 Å². The van der Waals surface area contributed by atoms with Crippen molar-refractivity contribution in [2.75, 3.05) is 13.6 Å². The Morgan fingerprint density at radius 2 is 1.81 bits per heavy atom. The third-order valence-corrected chi connectivity index (χ3v) is 4.98. The number of amides is 1. The van der Waals surface area contributed by atoms with Crippen molar-refractivity contribution in [1.82, 2.24) is 19.8 Å². The molecule has 2 heterocycles. The summed E-state index contributed by atoms with van der Waals surface area (Å²) >= 11 is 0. The number of hydrogen-bond acceptors (Lipinski definition) is 5. The second kappa shape index (κ2) is 9.38.